The summed E-state index contributed by atoms with van der Waals surface area (Å²) in [6.45, 7) is 13.3. The molecule has 0 aromatic rings. The van der Waals surface area contributed by atoms with Crippen LogP contribution in [0.3, 0.4) is 0 Å². The second kappa shape index (κ2) is 8.62. The molecule has 22 heavy (non-hydrogen) atoms. The van der Waals surface area contributed by atoms with Crippen LogP contribution in [0, 0.1) is 5.92 Å². The number of ether oxygens (including phenoxy) is 2. The standard InChI is InChI=1S/C18H36O3Si/c1-15(2)18(21-22(5,6)7)13-11-9-8-10-12-16(18)14-17(19-3)20-4/h16-17H,1,8-14H2,2-7H3/t16-,18+/m1/s1. The summed E-state index contributed by atoms with van der Waals surface area (Å²) >= 11 is 0. The smallest absolute Gasteiger partial charge is 0.184 e. The third-order valence-electron chi connectivity index (χ3n) is 4.72. The fourth-order valence-corrected chi connectivity index (χ4v) is 5.26. The van der Waals surface area contributed by atoms with E-state index in [1.54, 1.807) is 14.2 Å². The van der Waals surface area contributed by atoms with Crippen molar-refractivity contribution in [1.29, 1.82) is 0 Å². The number of hydrogen-bond donors (Lipinski definition) is 0. The van der Waals surface area contributed by atoms with Gasteiger partial charge in [0.2, 0.25) is 0 Å². The van der Waals surface area contributed by atoms with Crippen molar-refractivity contribution >= 4 is 8.32 Å². The van der Waals surface area contributed by atoms with Crippen LogP contribution in [0.25, 0.3) is 0 Å². The van der Waals surface area contributed by atoms with Gasteiger partial charge in [-0.3, -0.25) is 0 Å². The fourth-order valence-electron chi connectivity index (χ4n) is 3.73. The largest absolute Gasteiger partial charge is 0.408 e. The van der Waals surface area contributed by atoms with E-state index in [-0.39, 0.29) is 11.9 Å². The maximum Gasteiger partial charge on any atom is 0.184 e. The summed E-state index contributed by atoms with van der Waals surface area (Å²) < 4.78 is 17.8. The maximum absolute atomic E-state index is 6.79. The first-order chi connectivity index (χ1) is 10.2. The predicted molar refractivity (Wildman–Crippen MR) is 95.6 cm³/mol. The molecule has 0 radical (unpaired) electrons. The van der Waals surface area contributed by atoms with Gasteiger partial charge in [0, 0.05) is 20.6 Å². The van der Waals surface area contributed by atoms with Gasteiger partial charge in [-0.2, -0.15) is 0 Å². The van der Waals surface area contributed by atoms with E-state index in [1.165, 1.54) is 37.7 Å². The molecule has 0 spiro atoms. The fraction of sp³-hybridized carbons (Fsp3) is 0.889. The molecular formula is C18H36O3Si. The molecule has 0 bridgehead atoms. The summed E-state index contributed by atoms with van der Waals surface area (Å²) in [5.41, 5.74) is 0.966. The first kappa shape index (κ1) is 19.9. The zero-order valence-corrected chi connectivity index (χ0v) is 16.5. The molecule has 2 atom stereocenters. The highest BCUT2D eigenvalue weighted by atomic mass is 28.4. The molecule has 0 amide bonds. The van der Waals surface area contributed by atoms with Crippen LogP contribution in [0.1, 0.15) is 51.9 Å². The van der Waals surface area contributed by atoms with Gasteiger partial charge < -0.3 is 13.9 Å². The summed E-state index contributed by atoms with van der Waals surface area (Å²) in [4.78, 5) is 0. The summed E-state index contributed by atoms with van der Waals surface area (Å²) in [6.07, 6.45) is 8.07. The second-order valence-corrected chi connectivity index (χ2v) is 12.1. The molecular weight excluding hydrogens is 292 g/mol. The summed E-state index contributed by atoms with van der Waals surface area (Å²) in [5, 5.41) is 0. The first-order valence-corrected chi connectivity index (χ1v) is 12.1. The minimum absolute atomic E-state index is 0.159. The van der Waals surface area contributed by atoms with E-state index < -0.39 is 8.32 Å². The van der Waals surface area contributed by atoms with Crippen LogP contribution in [0.5, 0.6) is 0 Å². The monoisotopic (exact) mass is 328 g/mol. The normalized spacial score (nSPS) is 27.5. The molecule has 0 unspecified atom stereocenters. The zero-order valence-electron chi connectivity index (χ0n) is 15.5. The Morgan fingerprint density at radius 1 is 1.14 bits per heavy atom. The topological polar surface area (TPSA) is 27.7 Å². The van der Waals surface area contributed by atoms with Crippen molar-refractivity contribution in [3.8, 4) is 0 Å². The van der Waals surface area contributed by atoms with Gasteiger partial charge >= 0.3 is 0 Å². The SMILES string of the molecule is C=C(C)[C@@]1(O[Si](C)(C)C)CCCCCC[C@@H]1CC(OC)OC. The Labute approximate surface area is 138 Å². The molecule has 1 aliphatic carbocycles. The van der Waals surface area contributed by atoms with Crippen molar-refractivity contribution in [3.63, 3.8) is 0 Å². The summed E-state index contributed by atoms with van der Waals surface area (Å²) in [7, 11) is 1.77. The van der Waals surface area contributed by atoms with E-state index in [1.807, 2.05) is 0 Å². The zero-order chi connectivity index (χ0) is 16.8. The van der Waals surface area contributed by atoms with Crippen LogP contribution in [0.15, 0.2) is 12.2 Å². The van der Waals surface area contributed by atoms with Gasteiger partial charge in [-0.1, -0.05) is 32.3 Å². The molecule has 0 saturated heterocycles. The van der Waals surface area contributed by atoms with Crippen molar-refractivity contribution in [2.75, 3.05) is 14.2 Å². The minimum atomic E-state index is -1.67. The van der Waals surface area contributed by atoms with Crippen LogP contribution < -0.4 is 0 Å². The summed E-state index contributed by atoms with van der Waals surface area (Å²) in [5.74, 6) is 0.418. The highest BCUT2D eigenvalue weighted by molar-refractivity contribution is 6.69. The Kier molecular flexibility index (Phi) is 7.79. The molecule has 1 rings (SSSR count). The van der Waals surface area contributed by atoms with Gasteiger partial charge in [-0.25, -0.2) is 0 Å². The van der Waals surface area contributed by atoms with E-state index in [0.717, 1.165) is 12.8 Å². The third-order valence-corrected chi connectivity index (χ3v) is 5.70. The van der Waals surface area contributed by atoms with Crippen LogP contribution >= 0.6 is 0 Å². The molecule has 3 nitrogen and oxygen atoms in total. The number of rotatable bonds is 7. The van der Waals surface area contributed by atoms with E-state index >= 15 is 0 Å². The van der Waals surface area contributed by atoms with Crippen molar-refractivity contribution < 1.29 is 13.9 Å². The van der Waals surface area contributed by atoms with Crippen LogP contribution in [-0.2, 0) is 13.9 Å². The van der Waals surface area contributed by atoms with Gasteiger partial charge in [0.15, 0.2) is 14.6 Å². The number of hydrogen-bond acceptors (Lipinski definition) is 3. The van der Waals surface area contributed by atoms with E-state index in [4.69, 9.17) is 13.9 Å². The van der Waals surface area contributed by atoms with Crippen LogP contribution in [0.4, 0.5) is 0 Å². The molecule has 0 N–H and O–H groups in total. The Morgan fingerprint density at radius 2 is 1.73 bits per heavy atom. The van der Waals surface area contributed by atoms with E-state index in [0.29, 0.717) is 5.92 Å². The predicted octanol–water partition coefficient (Wildman–Crippen LogP) is 5.13. The molecule has 1 saturated carbocycles. The highest BCUT2D eigenvalue weighted by Gasteiger charge is 2.44. The molecule has 0 aromatic carbocycles. The van der Waals surface area contributed by atoms with Crippen molar-refractivity contribution in [2.24, 2.45) is 5.92 Å². The first-order valence-electron chi connectivity index (χ1n) is 8.67. The third kappa shape index (κ3) is 5.48. The molecule has 4 heteroatoms. The Morgan fingerprint density at radius 3 is 2.23 bits per heavy atom. The average Bonchev–Trinajstić information content (AvgIpc) is 2.40. The van der Waals surface area contributed by atoms with Crippen molar-refractivity contribution in [2.45, 2.75) is 83.4 Å². The van der Waals surface area contributed by atoms with Crippen molar-refractivity contribution in [1.82, 2.24) is 0 Å². The van der Waals surface area contributed by atoms with Crippen molar-refractivity contribution in [3.05, 3.63) is 12.2 Å². The molecule has 130 valence electrons. The molecule has 0 heterocycles. The lowest BCUT2D eigenvalue weighted by Gasteiger charge is -2.47. The van der Waals surface area contributed by atoms with E-state index in [2.05, 4.69) is 33.1 Å². The lowest BCUT2D eigenvalue weighted by atomic mass is 9.72. The molecule has 0 aromatic heterocycles. The van der Waals surface area contributed by atoms with Gasteiger partial charge in [0.05, 0.1) is 5.60 Å². The highest BCUT2D eigenvalue weighted by Crippen LogP contribution is 2.43. The Hall–Kier alpha value is -0.163. The van der Waals surface area contributed by atoms with Gasteiger partial charge in [0.1, 0.15) is 0 Å². The summed E-state index contributed by atoms with van der Waals surface area (Å²) in [6, 6.07) is 0. The molecule has 0 aliphatic heterocycles. The van der Waals surface area contributed by atoms with Gasteiger partial charge in [-0.05, 0) is 50.9 Å². The van der Waals surface area contributed by atoms with Crippen LogP contribution in [-0.4, -0.2) is 34.4 Å². The number of methoxy groups -OCH3 is 2. The average molecular weight is 329 g/mol. The van der Waals surface area contributed by atoms with Gasteiger partial charge in [0.25, 0.3) is 0 Å². The maximum atomic E-state index is 6.79. The molecule has 1 aliphatic rings. The Bertz CT molecular complexity index is 347. The van der Waals surface area contributed by atoms with Crippen LogP contribution in [0.2, 0.25) is 19.6 Å². The lowest BCUT2D eigenvalue weighted by Crippen LogP contribution is -2.50. The second-order valence-electron chi connectivity index (χ2n) is 7.67. The molecule has 1 fully saturated rings. The van der Waals surface area contributed by atoms with Gasteiger partial charge in [-0.15, -0.1) is 0 Å². The minimum Gasteiger partial charge on any atom is -0.408 e. The quantitative estimate of drug-likeness (QED) is 0.368. The lowest BCUT2D eigenvalue weighted by molar-refractivity contribution is -0.130. The Balaban J connectivity index is 3.11. The van der Waals surface area contributed by atoms with E-state index in [9.17, 15) is 0 Å².